The van der Waals surface area contributed by atoms with Crippen molar-refractivity contribution in [2.45, 2.75) is 6.92 Å². The second-order valence-electron chi connectivity index (χ2n) is 2.84. The lowest BCUT2D eigenvalue weighted by atomic mass is 10.1. The Kier molecular flexibility index (Phi) is 1.38. The monoisotopic (exact) mass is 156 g/mol. The minimum absolute atomic E-state index is 0.698. The third kappa shape index (κ3) is 0.876. The van der Waals surface area contributed by atoms with Crippen molar-refractivity contribution in [3.8, 4) is 6.07 Å². The zero-order valence-corrected chi connectivity index (χ0v) is 6.76. The fourth-order valence-corrected chi connectivity index (χ4v) is 1.34. The van der Waals surface area contributed by atoms with Crippen molar-refractivity contribution in [3.05, 3.63) is 35.5 Å². The van der Waals surface area contributed by atoms with Gasteiger partial charge in [0, 0.05) is 17.1 Å². The van der Waals surface area contributed by atoms with Gasteiger partial charge >= 0.3 is 0 Å². The Bertz CT molecular complexity index is 460. The maximum Gasteiger partial charge on any atom is 0.0992 e. The lowest BCUT2D eigenvalue weighted by Crippen LogP contribution is -1.73. The predicted molar refractivity (Wildman–Crippen MR) is 47.8 cm³/mol. The molecule has 0 aliphatic rings. The Hall–Kier alpha value is -1.75. The van der Waals surface area contributed by atoms with Crippen LogP contribution in [0.5, 0.6) is 0 Å². The van der Waals surface area contributed by atoms with Crippen molar-refractivity contribution in [1.29, 1.82) is 5.26 Å². The smallest absolute Gasteiger partial charge is 0.0992 e. The number of benzene rings is 1. The quantitative estimate of drug-likeness (QED) is 0.624. The molecule has 12 heavy (non-hydrogen) atoms. The van der Waals surface area contributed by atoms with Gasteiger partial charge < -0.3 is 4.98 Å². The van der Waals surface area contributed by atoms with Gasteiger partial charge in [-0.2, -0.15) is 5.26 Å². The molecular weight excluding hydrogens is 148 g/mol. The molecule has 2 aromatic rings. The highest BCUT2D eigenvalue weighted by atomic mass is 14.7. The average Bonchev–Trinajstić information content (AvgIpc) is 2.47. The molecule has 0 unspecified atom stereocenters. The Morgan fingerprint density at radius 3 is 3.00 bits per heavy atom. The summed E-state index contributed by atoms with van der Waals surface area (Å²) in [6.07, 6.45) is 1.95. The zero-order valence-electron chi connectivity index (χ0n) is 6.76. The summed E-state index contributed by atoms with van der Waals surface area (Å²) >= 11 is 0. The number of rotatable bonds is 0. The highest BCUT2D eigenvalue weighted by molar-refractivity contribution is 5.84. The molecule has 0 radical (unpaired) electrons. The molecule has 0 spiro atoms. The zero-order chi connectivity index (χ0) is 8.55. The van der Waals surface area contributed by atoms with E-state index >= 15 is 0 Å². The topological polar surface area (TPSA) is 39.6 Å². The molecule has 2 heteroatoms. The SMILES string of the molecule is Cc1c[nH]c2cc(C#N)ccc12. The summed E-state index contributed by atoms with van der Waals surface area (Å²) in [5.74, 6) is 0. The maximum atomic E-state index is 8.64. The van der Waals surface area contributed by atoms with Gasteiger partial charge in [-0.25, -0.2) is 0 Å². The fraction of sp³-hybridized carbons (Fsp3) is 0.100. The summed E-state index contributed by atoms with van der Waals surface area (Å²) in [7, 11) is 0. The van der Waals surface area contributed by atoms with Crippen molar-refractivity contribution in [2.75, 3.05) is 0 Å². The van der Waals surface area contributed by atoms with Gasteiger partial charge in [-0.15, -0.1) is 0 Å². The normalized spacial score (nSPS) is 10.0. The van der Waals surface area contributed by atoms with Crippen LogP contribution in [0.15, 0.2) is 24.4 Å². The minimum Gasteiger partial charge on any atom is -0.361 e. The number of nitrogens with zero attached hydrogens (tertiary/aromatic N) is 1. The van der Waals surface area contributed by atoms with Gasteiger partial charge in [0.25, 0.3) is 0 Å². The molecule has 2 nitrogen and oxygen atoms in total. The van der Waals surface area contributed by atoms with Crippen LogP contribution in [0.3, 0.4) is 0 Å². The summed E-state index contributed by atoms with van der Waals surface area (Å²) in [4.78, 5) is 3.11. The molecule has 0 fully saturated rings. The van der Waals surface area contributed by atoms with Crippen LogP contribution in [0.2, 0.25) is 0 Å². The van der Waals surface area contributed by atoms with Crippen molar-refractivity contribution >= 4 is 10.9 Å². The molecule has 0 saturated carbocycles. The van der Waals surface area contributed by atoms with Crippen LogP contribution < -0.4 is 0 Å². The van der Waals surface area contributed by atoms with E-state index in [2.05, 4.69) is 11.1 Å². The average molecular weight is 156 g/mol. The number of hydrogen-bond acceptors (Lipinski definition) is 1. The summed E-state index contributed by atoms with van der Waals surface area (Å²) in [5.41, 5.74) is 2.95. The first-order chi connectivity index (χ1) is 5.81. The van der Waals surface area contributed by atoms with Gasteiger partial charge in [0.2, 0.25) is 0 Å². The Morgan fingerprint density at radius 2 is 2.25 bits per heavy atom. The molecule has 1 heterocycles. The van der Waals surface area contributed by atoms with E-state index in [4.69, 9.17) is 5.26 Å². The van der Waals surface area contributed by atoms with Crippen LogP contribution in [0, 0.1) is 18.3 Å². The molecule has 58 valence electrons. The van der Waals surface area contributed by atoms with Gasteiger partial charge in [0.15, 0.2) is 0 Å². The number of aromatic nitrogens is 1. The van der Waals surface area contributed by atoms with Crippen LogP contribution in [0.4, 0.5) is 0 Å². The number of aromatic amines is 1. The van der Waals surface area contributed by atoms with E-state index < -0.39 is 0 Å². The predicted octanol–water partition coefficient (Wildman–Crippen LogP) is 2.35. The molecule has 1 N–H and O–H groups in total. The molecule has 1 aromatic heterocycles. The second-order valence-corrected chi connectivity index (χ2v) is 2.84. The molecule has 0 amide bonds. The van der Waals surface area contributed by atoms with E-state index in [1.54, 1.807) is 0 Å². The first kappa shape index (κ1) is 6.93. The maximum absolute atomic E-state index is 8.64. The number of hydrogen-bond donors (Lipinski definition) is 1. The third-order valence-corrected chi connectivity index (χ3v) is 2.02. The summed E-state index contributed by atoms with van der Waals surface area (Å²) < 4.78 is 0. The van der Waals surface area contributed by atoms with Gasteiger partial charge in [-0.05, 0) is 24.6 Å². The molecule has 0 aliphatic heterocycles. The lowest BCUT2D eigenvalue weighted by molar-refractivity contribution is 1.42. The van der Waals surface area contributed by atoms with E-state index in [1.165, 1.54) is 10.9 Å². The number of nitriles is 1. The van der Waals surface area contributed by atoms with Gasteiger partial charge in [0.1, 0.15) is 0 Å². The van der Waals surface area contributed by atoms with Crippen LogP contribution in [-0.2, 0) is 0 Å². The number of nitrogens with one attached hydrogen (secondary N) is 1. The van der Waals surface area contributed by atoms with Crippen LogP contribution in [-0.4, -0.2) is 4.98 Å². The molecule has 1 aromatic carbocycles. The standard InChI is InChI=1S/C10H8N2/c1-7-6-12-10-4-8(5-11)2-3-9(7)10/h2-4,6,12H,1H3. The largest absolute Gasteiger partial charge is 0.361 e. The summed E-state index contributed by atoms with van der Waals surface area (Å²) in [5, 5.41) is 9.83. The van der Waals surface area contributed by atoms with E-state index in [1.807, 2.05) is 31.3 Å². The first-order valence-corrected chi connectivity index (χ1v) is 3.79. The fourth-order valence-electron chi connectivity index (χ4n) is 1.34. The molecular formula is C10H8N2. The van der Waals surface area contributed by atoms with E-state index in [-0.39, 0.29) is 0 Å². The van der Waals surface area contributed by atoms with Crippen LogP contribution in [0.25, 0.3) is 10.9 Å². The summed E-state index contributed by atoms with van der Waals surface area (Å²) in [6, 6.07) is 7.78. The van der Waals surface area contributed by atoms with E-state index in [0.717, 1.165) is 5.52 Å². The molecule has 0 saturated heterocycles. The minimum atomic E-state index is 0.698. The van der Waals surface area contributed by atoms with Crippen molar-refractivity contribution in [2.24, 2.45) is 0 Å². The van der Waals surface area contributed by atoms with Crippen molar-refractivity contribution < 1.29 is 0 Å². The Labute approximate surface area is 70.4 Å². The highest BCUT2D eigenvalue weighted by Gasteiger charge is 1.99. The number of aryl methyl sites for hydroxylation is 1. The summed E-state index contributed by atoms with van der Waals surface area (Å²) in [6.45, 7) is 2.05. The third-order valence-electron chi connectivity index (χ3n) is 2.02. The molecule has 0 bridgehead atoms. The van der Waals surface area contributed by atoms with Crippen molar-refractivity contribution in [1.82, 2.24) is 4.98 Å². The number of fused-ring (bicyclic) bond motifs is 1. The van der Waals surface area contributed by atoms with Gasteiger partial charge in [0.05, 0.1) is 11.6 Å². The lowest BCUT2D eigenvalue weighted by Gasteiger charge is -1.90. The van der Waals surface area contributed by atoms with E-state index in [0.29, 0.717) is 5.56 Å². The van der Waals surface area contributed by atoms with Gasteiger partial charge in [-0.3, -0.25) is 0 Å². The Balaban J connectivity index is 2.80. The number of H-pyrrole nitrogens is 1. The van der Waals surface area contributed by atoms with E-state index in [9.17, 15) is 0 Å². The second kappa shape index (κ2) is 2.38. The van der Waals surface area contributed by atoms with Gasteiger partial charge in [-0.1, -0.05) is 6.07 Å². The van der Waals surface area contributed by atoms with Crippen LogP contribution >= 0.6 is 0 Å². The van der Waals surface area contributed by atoms with Crippen LogP contribution in [0.1, 0.15) is 11.1 Å². The molecule has 2 rings (SSSR count). The first-order valence-electron chi connectivity index (χ1n) is 3.79. The Morgan fingerprint density at radius 1 is 1.42 bits per heavy atom. The van der Waals surface area contributed by atoms with Crippen molar-refractivity contribution in [3.63, 3.8) is 0 Å². The molecule has 0 atom stereocenters. The molecule has 0 aliphatic carbocycles. The highest BCUT2D eigenvalue weighted by Crippen LogP contribution is 2.17.